The van der Waals surface area contributed by atoms with E-state index in [-0.39, 0.29) is 11.7 Å². The van der Waals surface area contributed by atoms with Gasteiger partial charge in [0.25, 0.3) is 0 Å². The van der Waals surface area contributed by atoms with E-state index in [0.29, 0.717) is 5.16 Å². The van der Waals surface area contributed by atoms with E-state index in [1.165, 1.54) is 29.1 Å². The first-order valence-corrected chi connectivity index (χ1v) is 6.92. The molecule has 0 unspecified atom stereocenters. The number of carbonyl (C=O) groups is 1. The van der Waals surface area contributed by atoms with Gasteiger partial charge in [0.2, 0.25) is 11.1 Å². The van der Waals surface area contributed by atoms with Crippen LogP contribution in [0.2, 0.25) is 0 Å². The molecule has 0 aliphatic rings. The highest BCUT2D eigenvalue weighted by atomic mass is 32.2. The Morgan fingerprint density at radius 1 is 1.19 bits per heavy atom. The summed E-state index contributed by atoms with van der Waals surface area (Å²) in [7, 11) is 0. The molecular weight excluding hydrogens is 292 g/mol. The average molecular weight is 302 g/mol. The minimum atomic E-state index is -0.206. The third kappa shape index (κ3) is 3.23. The molecule has 0 spiro atoms. The Bertz CT molecular complexity index is 711. The van der Waals surface area contributed by atoms with Gasteiger partial charge in [-0.05, 0) is 22.6 Å². The SMILES string of the molecule is O=C(CSc1nnnn1-c1ccccc1)Nn1cnnc1. The molecule has 9 nitrogen and oxygen atoms in total. The molecule has 0 aliphatic carbocycles. The van der Waals surface area contributed by atoms with Crippen molar-refractivity contribution in [1.29, 1.82) is 0 Å². The van der Waals surface area contributed by atoms with Crippen LogP contribution >= 0.6 is 11.8 Å². The first-order chi connectivity index (χ1) is 10.3. The maximum absolute atomic E-state index is 11.8. The third-order valence-corrected chi connectivity index (χ3v) is 3.37. The normalized spacial score (nSPS) is 10.5. The topological polar surface area (TPSA) is 103 Å². The number of benzene rings is 1. The van der Waals surface area contributed by atoms with Gasteiger partial charge in [-0.2, -0.15) is 4.68 Å². The van der Waals surface area contributed by atoms with E-state index in [1.807, 2.05) is 30.3 Å². The van der Waals surface area contributed by atoms with Gasteiger partial charge in [-0.3, -0.25) is 10.2 Å². The van der Waals surface area contributed by atoms with Crippen LogP contribution in [0.4, 0.5) is 0 Å². The predicted molar refractivity (Wildman–Crippen MR) is 74.3 cm³/mol. The van der Waals surface area contributed by atoms with Gasteiger partial charge in [0, 0.05) is 0 Å². The van der Waals surface area contributed by atoms with Gasteiger partial charge in [0.1, 0.15) is 12.7 Å². The quantitative estimate of drug-likeness (QED) is 0.667. The molecule has 21 heavy (non-hydrogen) atoms. The van der Waals surface area contributed by atoms with Crippen molar-refractivity contribution in [2.45, 2.75) is 5.16 Å². The molecule has 2 heterocycles. The first kappa shape index (κ1) is 13.2. The van der Waals surface area contributed by atoms with Crippen LogP contribution in [-0.4, -0.2) is 46.7 Å². The average Bonchev–Trinajstić information content (AvgIpc) is 3.17. The highest BCUT2D eigenvalue weighted by Gasteiger charge is 2.11. The lowest BCUT2D eigenvalue weighted by Crippen LogP contribution is -2.23. The predicted octanol–water partition coefficient (Wildman–Crippen LogP) is 0.116. The minimum Gasteiger partial charge on any atom is -0.272 e. The summed E-state index contributed by atoms with van der Waals surface area (Å²) in [6.07, 6.45) is 2.80. The van der Waals surface area contributed by atoms with Gasteiger partial charge in [-0.25, -0.2) is 4.68 Å². The van der Waals surface area contributed by atoms with Crippen LogP contribution in [0.1, 0.15) is 0 Å². The van der Waals surface area contributed by atoms with E-state index >= 15 is 0 Å². The fourth-order valence-corrected chi connectivity index (χ4v) is 2.25. The number of amides is 1. The number of nitrogens with one attached hydrogen (secondary N) is 1. The highest BCUT2D eigenvalue weighted by molar-refractivity contribution is 7.99. The van der Waals surface area contributed by atoms with Crippen LogP contribution in [-0.2, 0) is 4.79 Å². The van der Waals surface area contributed by atoms with Gasteiger partial charge in [0.05, 0.1) is 11.4 Å². The maximum Gasteiger partial charge on any atom is 0.249 e. The molecule has 3 rings (SSSR count). The lowest BCUT2D eigenvalue weighted by Gasteiger charge is -2.05. The monoisotopic (exact) mass is 302 g/mol. The van der Waals surface area contributed by atoms with E-state index in [4.69, 9.17) is 0 Å². The summed E-state index contributed by atoms with van der Waals surface area (Å²) in [4.78, 5) is 11.8. The molecule has 2 aromatic heterocycles. The second-order valence-corrected chi connectivity index (χ2v) is 4.84. The number of para-hydroxylation sites is 1. The molecule has 106 valence electrons. The van der Waals surface area contributed by atoms with Crippen molar-refractivity contribution in [2.24, 2.45) is 0 Å². The summed E-state index contributed by atoms with van der Waals surface area (Å²) in [6, 6.07) is 9.47. The highest BCUT2D eigenvalue weighted by Crippen LogP contribution is 2.17. The van der Waals surface area contributed by atoms with Gasteiger partial charge < -0.3 is 0 Å². The van der Waals surface area contributed by atoms with Crippen LogP contribution in [0, 0.1) is 0 Å². The van der Waals surface area contributed by atoms with Crippen LogP contribution in [0.5, 0.6) is 0 Å². The molecule has 0 saturated carbocycles. The second-order valence-electron chi connectivity index (χ2n) is 3.90. The van der Waals surface area contributed by atoms with Gasteiger partial charge >= 0.3 is 0 Å². The first-order valence-electron chi connectivity index (χ1n) is 5.94. The maximum atomic E-state index is 11.8. The Kier molecular flexibility index (Phi) is 3.87. The molecule has 0 saturated heterocycles. The largest absolute Gasteiger partial charge is 0.272 e. The van der Waals surface area contributed by atoms with Crippen LogP contribution < -0.4 is 5.43 Å². The van der Waals surface area contributed by atoms with E-state index in [9.17, 15) is 4.79 Å². The fraction of sp³-hybridized carbons (Fsp3) is 0.0909. The van der Waals surface area contributed by atoms with Crippen LogP contribution in [0.3, 0.4) is 0 Å². The summed E-state index contributed by atoms with van der Waals surface area (Å²) >= 11 is 1.24. The minimum absolute atomic E-state index is 0.172. The Hall–Kier alpha value is -2.75. The summed E-state index contributed by atoms with van der Waals surface area (Å²) < 4.78 is 2.96. The summed E-state index contributed by atoms with van der Waals surface area (Å²) in [5.74, 6) is -0.0341. The van der Waals surface area contributed by atoms with Crippen molar-refractivity contribution >= 4 is 17.7 Å². The van der Waals surface area contributed by atoms with Crippen molar-refractivity contribution in [3.05, 3.63) is 43.0 Å². The number of carbonyl (C=O) groups excluding carboxylic acids is 1. The number of aromatic nitrogens is 7. The summed E-state index contributed by atoms with van der Waals surface area (Å²) in [6.45, 7) is 0. The standard InChI is InChI=1S/C11H10N8OS/c20-10(15-18-7-12-13-8-18)6-21-11-14-16-17-19(11)9-4-2-1-3-5-9/h1-5,7-8H,6H2,(H,15,20). The molecule has 0 fully saturated rings. The smallest absolute Gasteiger partial charge is 0.249 e. The zero-order valence-electron chi connectivity index (χ0n) is 10.7. The second kappa shape index (κ2) is 6.13. The molecular formula is C11H10N8OS. The van der Waals surface area contributed by atoms with E-state index < -0.39 is 0 Å². The van der Waals surface area contributed by atoms with Crippen molar-refractivity contribution in [2.75, 3.05) is 11.2 Å². The van der Waals surface area contributed by atoms with Crippen molar-refractivity contribution < 1.29 is 4.79 Å². The zero-order valence-corrected chi connectivity index (χ0v) is 11.5. The Morgan fingerprint density at radius 2 is 1.95 bits per heavy atom. The molecule has 1 amide bonds. The number of tetrazole rings is 1. The number of rotatable bonds is 5. The molecule has 0 bridgehead atoms. The van der Waals surface area contributed by atoms with Gasteiger partial charge in [0.15, 0.2) is 0 Å². The van der Waals surface area contributed by atoms with Crippen LogP contribution in [0.25, 0.3) is 5.69 Å². The third-order valence-electron chi connectivity index (χ3n) is 2.45. The lowest BCUT2D eigenvalue weighted by atomic mass is 10.3. The van der Waals surface area contributed by atoms with Gasteiger partial charge in [-0.1, -0.05) is 30.0 Å². The Balaban J connectivity index is 1.64. The van der Waals surface area contributed by atoms with Crippen molar-refractivity contribution in [3.8, 4) is 5.69 Å². The summed E-state index contributed by atoms with van der Waals surface area (Å²) in [5.41, 5.74) is 3.43. The Morgan fingerprint density at radius 3 is 2.71 bits per heavy atom. The number of nitrogens with zero attached hydrogens (tertiary/aromatic N) is 7. The summed E-state index contributed by atoms with van der Waals surface area (Å²) in [5, 5.41) is 19.2. The number of thioether (sulfide) groups is 1. The van der Waals surface area contributed by atoms with Crippen molar-refractivity contribution in [3.63, 3.8) is 0 Å². The molecule has 1 aromatic carbocycles. The van der Waals surface area contributed by atoms with E-state index in [1.54, 1.807) is 4.68 Å². The van der Waals surface area contributed by atoms with Crippen molar-refractivity contribution in [1.82, 2.24) is 35.1 Å². The number of hydrogen-bond acceptors (Lipinski definition) is 7. The van der Waals surface area contributed by atoms with Crippen LogP contribution in [0.15, 0.2) is 48.1 Å². The van der Waals surface area contributed by atoms with E-state index in [2.05, 4.69) is 31.1 Å². The molecule has 0 radical (unpaired) electrons. The lowest BCUT2D eigenvalue weighted by molar-refractivity contribution is -0.114. The Labute approximate surface area is 123 Å². The molecule has 0 atom stereocenters. The molecule has 0 aliphatic heterocycles. The van der Waals surface area contributed by atoms with E-state index in [0.717, 1.165) is 5.69 Å². The van der Waals surface area contributed by atoms with Gasteiger partial charge in [-0.15, -0.1) is 15.3 Å². The molecule has 3 aromatic rings. The number of hydrogen-bond donors (Lipinski definition) is 1. The molecule has 10 heteroatoms. The molecule has 1 N–H and O–H groups in total. The zero-order chi connectivity index (χ0) is 14.5. The fourth-order valence-electron chi connectivity index (χ4n) is 1.56.